The SMILES string of the molecule is Cc1cnc(NC(=O)NC(Cc2ccccc2)(c2cccc(OC(F)(F)F)c2)c2cccc(OC(F)(F)F)c2)s1. The minimum atomic E-state index is -5.01. The van der Waals surface area contributed by atoms with Gasteiger partial charge in [-0.3, -0.25) is 5.32 Å². The van der Waals surface area contributed by atoms with E-state index in [0.29, 0.717) is 5.56 Å². The van der Waals surface area contributed by atoms with Gasteiger partial charge in [0.2, 0.25) is 0 Å². The first-order valence-electron chi connectivity index (χ1n) is 11.6. The maximum absolute atomic E-state index is 13.3. The number of hydrogen-bond acceptors (Lipinski definition) is 5. The summed E-state index contributed by atoms with van der Waals surface area (Å²) in [7, 11) is 0. The summed E-state index contributed by atoms with van der Waals surface area (Å²) < 4.78 is 86.7. The highest BCUT2D eigenvalue weighted by Gasteiger charge is 2.39. The fraction of sp³-hybridized carbons (Fsp3) is 0.185. The number of nitrogens with zero attached hydrogens (tertiary/aromatic N) is 1. The molecule has 0 radical (unpaired) electrons. The zero-order chi connectivity index (χ0) is 29.0. The van der Waals surface area contributed by atoms with Gasteiger partial charge in [0.15, 0.2) is 5.13 Å². The van der Waals surface area contributed by atoms with E-state index < -0.39 is 35.8 Å². The Morgan fingerprint density at radius 2 is 1.38 bits per heavy atom. The molecule has 1 aromatic heterocycles. The smallest absolute Gasteiger partial charge is 0.406 e. The number of carbonyl (C=O) groups is 1. The van der Waals surface area contributed by atoms with E-state index in [-0.39, 0.29) is 22.7 Å². The van der Waals surface area contributed by atoms with Crippen LogP contribution in [-0.2, 0) is 12.0 Å². The Balaban J connectivity index is 1.89. The van der Waals surface area contributed by atoms with E-state index in [0.717, 1.165) is 29.1 Å². The number of aryl methyl sites for hydroxylation is 1. The molecule has 1 heterocycles. The highest BCUT2D eigenvalue weighted by atomic mass is 32.1. The number of aromatic nitrogens is 1. The molecule has 0 atom stereocenters. The number of urea groups is 1. The van der Waals surface area contributed by atoms with Gasteiger partial charge in [-0.2, -0.15) is 0 Å². The molecule has 0 saturated heterocycles. The number of benzene rings is 3. The number of anilines is 1. The monoisotopic (exact) mass is 581 g/mol. The second-order valence-corrected chi connectivity index (χ2v) is 9.81. The molecule has 3 aromatic carbocycles. The fourth-order valence-corrected chi connectivity index (χ4v) is 4.77. The zero-order valence-electron chi connectivity index (χ0n) is 20.6. The lowest BCUT2D eigenvalue weighted by molar-refractivity contribution is -0.275. The predicted molar refractivity (Wildman–Crippen MR) is 136 cm³/mol. The third kappa shape index (κ3) is 7.65. The lowest BCUT2D eigenvalue weighted by Crippen LogP contribution is -2.50. The van der Waals surface area contributed by atoms with Gasteiger partial charge in [0.25, 0.3) is 0 Å². The van der Waals surface area contributed by atoms with Gasteiger partial charge in [0.1, 0.15) is 11.5 Å². The maximum atomic E-state index is 13.3. The molecule has 13 heteroatoms. The third-order valence-electron chi connectivity index (χ3n) is 5.60. The van der Waals surface area contributed by atoms with E-state index in [2.05, 4.69) is 25.1 Å². The molecule has 0 unspecified atom stereocenters. The van der Waals surface area contributed by atoms with Gasteiger partial charge in [-0.05, 0) is 47.9 Å². The summed E-state index contributed by atoms with van der Waals surface area (Å²) in [6.45, 7) is 1.78. The van der Waals surface area contributed by atoms with Crippen molar-refractivity contribution in [2.24, 2.45) is 0 Å². The van der Waals surface area contributed by atoms with Gasteiger partial charge in [0.05, 0.1) is 5.54 Å². The van der Waals surface area contributed by atoms with Crippen LogP contribution in [-0.4, -0.2) is 23.7 Å². The number of carbonyl (C=O) groups excluding carboxylic acids is 1. The highest BCUT2D eigenvalue weighted by Crippen LogP contribution is 2.38. The molecule has 2 amide bonds. The standard InChI is InChI=1S/C27H21F6N3O3S/c1-17-16-34-24(40-17)35-23(37)36-25(15-18-7-3-2-4-8-18,19-9-5-11-21(13-19)38-26(28,29)30)20-10-6-12-22(14-20)39-27(31,32)33/h2-14,16H,15H2,1H3,(H2,34,35,36,37). The van der Waals surface area contributed by atoms with Crippen LogP contribution in [0.5, 0.6) is 11.5 Å². The van der Waals surface area contributed by atoms with Crippen molar-refractivity contribution in [3.05, 3.63) is 107 Å². The normalized spacial score (nSPS) is 12.1. The first-order chi connectivity index (χ1) is 18.8. The average Bonchev–Trinajstić information content (AvgIpc) is 3.26. The van der Waals surface area contributed by atoms with Gasteiger partial charge in [-0.25, -0.2) is 9.78 Å². The van der Waals surface area contributed by atoms with Crippen LogP contribution in [0, 0.1) is 6.92 Å². The molecule has 0 spiro atoms. The number of alkyl halides is 6. The molecule has 0 aliphatic carbocycles. The molecule has 0 fully saturated rings. The topological polar surface area (TPSA) is 72.5 Å². The van der Waals surface area contributed by atoms with Gasteiger partial charge >= 0.3 is 18.8 Å². The summed E-state index contributed by atoms with van der Waals surface area (Å²) in [5, 5.41) is 5.62. The Bertz CT molecular complexity index is 1400. The molecule has 210 valence electrons. The molecule has 0 aliphatic rings. The maximum Gasteiger partial charge on any atom is 0.573 e. The number of halogens is 6. The Hall–Kier alpha value is -4.26. The summed E-state index contributed by atoms with van der Waals surface area (Å²) in [5.41, 5.74) is -0.870. The van der Waals surface area contributed by atoms with Crippen LogP contribution >= 0.6 is 11.3 Å². The number of hydrogen-bond donors (Lipinski definition) is 2. The molecule has 4 aromatic rings. The van der Waals surface area contributed by atoms with Crippen molar-refractivity contribution < 1.29 is 40.6 Å². The van der Waals surface area contributed by atoms with Crippen molar-refractivity contribution in [1.82, 2.24) is 10.3 Å². The van der Waals surface area contributed by atoms with E-state index in [1.165, 1.54) is 41.8 Å². The molecular weight excluding hydrogens is 560 g/mol. The van der Waals surface area contributed by atoms with Crippen molar-refractivity contribution in [1.29, 1.82) is 0 Å². The van der Waals surface area contributed by atoms with Gasteiger partial charge in [-0.1, -0.05) is 54.6 Å². The molecule has 6 nitrogen and oxygen atoms in total. The first kappa shape index (κ1) is 28.7. The highest BCUT2D eigenvalue weighted by molar-refractivity contribution is 7.15. The summed E-state index contributed by atoms with van der Waals surface area (Å²) in [5.74, 6) is -1.16. The predicted octanol–water partition coefficient (Wildman–Crippen LogP) is 7.56. The second-order valence-electron chi connectivity index (χ2n) is 8.57. The largest absolute Gasteiger partial charge is 0.573 e. The number of thiazole rings is 1. The van der Waals surface area contributed by atoms with E-state index in [9.17, 15) is 31.1 Å². The quantitative estimate of drug-likeness (QED) is 0.211. The van der Waals surface area contributed by atoms with Crippen molar-refractivity contribution in [3.63, 3.8) is 0 Å². The summed E-state index contributed by atoms with van der Waals surface area (Å²) in [6.07, 6.45) is -8.54. The van der Waals surface area contributed by atoms with E-state index in [4.69, 9.17) is 0 Å². The Kier molecular flexibility index (Phi) is 8.24. The summed E-state index contributed by atoms with van der Waals surface area (Å²) >= 11 is 1.18. The molecule has 40 heavy (non-hydrogen) atoms. The fourth-order valence-electron chi connectivity index (χ4n) is 4.11. The molecule has 0 saturated carbocycles. The van der Waals surface area contributed by atoms with Crippen molar-refractivity contribution in [2.75, 3.05) is 5.32 Å². The molecular formula is C27H21F6N3O3S. The minimum Gasteiger partial charge on any atom is -0.406 e. The van der Waals surface area contributed by atoms with Gasteiger partial charge in [-0.15, -0.1) is 37.7 Å². The molecule has 2 N–H and O–H groups in total. The number of nitrogens with one attached hydrogen (secondary N) is 2. The number of amides is 2. The van der Waals surface area contributed by atoms with Crippen LogP contribution in [0.1, 0.15) is 21.6 Å². The zero-order valence-corrected chi connectivity index (χ0v) is 21.5. The van der Waals surface area contributed by atoms with Crippen LogP contribution in [0.15, 0.2) is 85.1 Å². The van der Waals surface area contributed by atoms with Crippen molar-refractivity contribution in [2.45, 2.75) is 31.6 Å². The Morgan fingerprint density at radius 1 is 0.825 bits per heavy atom. The molecule has 4 rings (SSSR count). The van der Waals surface area contributed by atoms with Gasteiger partial charge < -0.3 is 14.8 Å². The lowest BCUT2D eigenvalue weighted by atomic mass is 9.77. The third-order valence-corrected chi connectivity index (χ3v) is 6.43. The van der Waals surface area contributed by atoms with E-state index >= 15 is 0 Å². The van der Waals surface area contributed by atoms with Crippen LogP contribution in [0.25, 0.3) is 0 Å². The van der Waals surface area contributed by atoms with Crippen molar-refractivity contribution in [3.8, 4) is 11.5 Å². The van der Waals surface area contributed by atoms with E-state index in [1.807, 2.05) is 0 Å². The van der Waals surface area contributed by atoms with Crippen LogP contribution in [0.4, 0.5) is 36.3 Å². The first-order valence-corrected chi connectivity index (χ1v) is 12.4. The Labute approximate surface area is 228 Å². The van der Waals surface area contributed by atoms with Crippen LogP contribution in [0.2, 0.25) is 0 Å². The second kappa shape index (κ2) is 11.5. The number of rotatable bonds is 8. The average molecular weight is 582 g/mol. The summed E-state index contributed by atoms with van der Waals surface area (Å²) in [4.78, 5) is 18.2. The summed E-state index contributed by atoms with van der Waals surface area (Å²) in [6, 6.07) is 17.5. The number of ether oxygens (including phenoxy) is 2. The van der Waals surface area contributed by atoms with Gasteiger partial charge in [0, 0.05) is 17.5 Å². The Morgan fingerprint density at radius 3 is 1.85 bits per heavy atom. The van der Waals surface area contributed by atoms with Crippen LogP contribution < -0.4 is 20.1 Å². The van der Waals surface area contributed by atoms with Crippen molar-refractivity contribution >= 4 is 22.5 Å². The minimum absolute atomic E-state index is 0.0664. The molecule has 0 bridgehead atoms. The van der Waals surface area contributed by atoms with E-state index in [1.54, 1.807) is 37.3 Å². The molecule has 0 aliphatic heterocycles. The lowest BCUT2D eigenvalue weighted by Gasteiger charge is -2.37. The van der Waals surface area contributed by atoms with Crippen LogP contribution in [0.3, 0.4) is 0 Å².